The van der Waals surface area contributed by atoms with E-state index in [1.807, 2.05) is 6.92 Å². The van der Waals surface area contributed by atoms with Gasteiger partial charge in [-0.3, -0.25) is 0 Å². The summed E-state index contributed by atoms with van der Waals surface area (Å²) in [5.74, 6) is -1.79. The zero-order valence-corrected chi connectivity index (χ0v) is 9.92. The molecule has 0 unspecified atom stereocenters. The summed E-state index contributed by atoms with van der Waals surface area (Å²) in [5, 5.41) is 8.91. The minimum absolute atomic E-state index is 0.0309. The van der Waals surface area contributed by atoms with E-state index in [0.29, 0.717) is 6.54 Å². The lowest BCUT2D eigenvalue weighted by atomic mass is 10.1. The molecular weight excluding hydrogens is 226 g/mol. The van der Waals surface area contributed by atoms with Gasteiger partial charge in [-0.05, 0) is 12.5 Å². The van der Waals surface area contributed by atoms with Crippen LogP contribution in [0.25, 0.3) is 0 Å². The minimum Gasteiger partial charge on any atom is -0.395 e. The fraction of sp³-hybridized carbons (Fsp3) is 0.500. The Morgan fingerprint density at radius 1 is 1.24 bits per heavy atom. The van der Waals surface area contributed by atoms with Gasteiger partial charge in [0, 0.05) is 25.2 Å². The van der Waals surface area contributed by atoms with Crippen molar-refractivity contribution in [3.8, 4) is 0 Å². The van der Waals surface area contributed by atoms with E-state index in [-0.39, 0.29) is 30.9 Å². The van der Waals surface area contributed by atoms with Crippen molar-refractivity contribution in [1.29, 1.82) is 0 Å². The van der Waals surface area contributed by atoms with Gasteiger partial charge in [-0.25, -0.2) is 8.78 Å². The molecule has 96 valence electrons. The standard InChI is InChI=1S/C12H18F2N2O/c1-2-5-16(6-7-17)10-4-3-9(8-15)11(13)12(10)14/h3-4,17H,2,5-8,15H2,1H3. The lowest BCUT2D eigenvalue weighted by Gasteiger charge is -2.24. The molecule has 1 rings (SSSR count). The largest absolute Gasteiger partial charge is 0.395 e. The van der Waals surface area contributed by atoms with E-state index in [9.17, 15) is 8.78 Å². The number of benzene rings is 1. The van der Waals surface area contributed by atoms with Gasteiger partial charge in [-0.15, -0.1) is 0 Å². The summed E-state index contributed by atoms with van der Waals surface area (Å²) in [6.07, 6.45) is 0.791. The zero-order chi connectivity index (χ0) is 12.8. The van der Waals surface area contributed by atoms with Crippen LogP contribution in [0.3, 0.4) is 0 Å². The van der Waals surface area contributed by atoms with Gasteiger partial charge < -0.3 is 15.7 Å². The molecule has 1 aromatic carbocycles. The maximum Gasteiger partial charge on any atom is 0.182 e. The van der Waals surface area contributed by atoms with Crippen molar-refractivity contribution in [2.24, 2.45) is 5.73 Å². The molecule has 0 radical (unpaired) electrons. The Bertz CT molecular complexity index is 366. The van der Waals surface area contributed by atoms with Crippen LogP contribution >= 0.6 is 0 Å². The number of hydrogen-bond donors (Lipinski definition) is 2. The van der Waals surface area contributed by atoms with Gasteiger partial charge in [0.1, 0.15) is 0 Å². The van der Waals surface area contributed by atoms with Crippen LogP contribution in [-0.2, 0) is 6.54 Å². The Labute approximate surface area is 99.8 Å². The number of aliphatic hydroxyl groups is 1. The summed E-state index contributed by atoms with van der Waals surface area (Å²) in [5.41, 5.74) is 5.64. The molecule has 0 bridgehead atoms. The summed E-state index contributed by atoms with van der Waals surface area (Å²) in [6.45, 7) is 2.66. The average molecular weight is 244 g/mol. The SMILES string of the molecule is CCCN(CCO)c1ccc(CN)c(F)c1F. The third-order valence-electron chi connectivity index (χ3n) is 2.57. The molecule has 5 heteroatoms. The molecule has 0 heterocycles. The van der Waals surface area contributed by atoms with Crippen LogP contribution in [0.4, 0.5) is 14.5 Å². The summed E-state index contributed by atoms with van der Waals surface area (Å²) in [4.78, 5) is 1.62. The first kappa shape index (κ1) is 13.9. The van der Waals surface area contributed by atoms with Crippen molar-refractivity contribution >= 4 is 5.69 Å². The topological polar surface area (TPSA) is 49.5 Å². The van der Waals surface area contributed by atoms with Gasteiger partial charge >= 0.3 is 0 Å². The fourth-order valence-corrected chi connectivity index (χ4v) is 1.72. The van der Waals surface area contributed by atoms with E-state index in [2.05, 4.69) is 0 Å². The second-order valence-corrected chi connectivity index (χ2v) is 3.79. The molecule has 1 aromatic rings. The van der Waals surface area contributed by atoms with Crippen LogP contribution in [0.15, 0.2) is 12.1 Å². The second kappa shape index (κ2) is 6.51. The van der Waals surface area contributed by atoms with E-state index in [1.165, 1.54) is 12.1 Å². The average Bonchev–Trinajstić information content (AvgIpc) is 2.32. The molecule has 0 aliphatic carbocycles. The first-order valence-corrected chi connectivity index (χ1v) is 5.68. The highest BCUT2D eigenvalue weighted by molar-refractivity contribution is 5.49. The lowest BCUT2D eigenvalue weighted by molar-refractivity contribution is 0.301. The maximum absolute atomic E-state index is 13.8. The number of nitrogens with two attached hydrogens (primary N) is 1. The molecule has 0 saturated heterocycles. The van der Waals surface area contributed by atoms with E-state index < -0.39 is 11.6 Å². The summed E-state index contributed by atoms with van der Waals surface area (Å²) >= 11 is 0. The van der Waals surface area contributed by atoms with Gasteiger partial charge in [-0.1, -0.05) is 13.0 Å². The smallest absolute Gasteiger partial charge is 0.182 e. The summed E-state index contributed by atoms with van der Waals surface area (Å²) in [7, 11) is 0. The highest BCUT2D eigenvalue weighted by atomic mass is 19.2. The normalized spacial score (nSPS) is 10.6. The molecule has 0 saturated carbocycles. The highest BCUT2D eigenvalue weighted by Crippen LogP contribution is 2.24. The molecule has 0 spiro atoms. The van der Waals surface area contributed by atoms with Crippen LogP contribution in [0.5, 0.6) is 0 Å². The third kappa shape index (κ3) is 3.14. The molecule has 3 nitrogen and oxygen atoms in total. The Kier molecular flexibility index (Phi) is 5.31. The van der Waals surface area contributed by atoms with Crippen LogP contribution in [-0.4, -0.2) is 24.8 Å². The molecule has 17 heavy (non-hydrogen) atoms. The van der Waals surface area contributed by atoms with E-state index in [0.717, 1.165) is 6.42 Å². The van der Waals surface area contributed by atoms with Crippen molar-refractivity contribution in [3.63, 3.8) is 0 Å². The second-order valence-electron chi connectivity index (χ2n) is 3.79. The third-order valence-corrected chi connectivity index (χ3v) is 2.57. The minimum atomic E-state index is -0.899. The van der Waals surface area contributed by atoms with Crippen LogP contribution in [0.1, 0.15) is 18.9 Å². The van der Waals surface area contributed by atoms with Crippen LogP contribution in [0.2, 0.25) is 0 Å². The van der Waals surface area contributed by atoms with Crippen molar-refractivity contribution < 1.29 is 13.9 Å². The molecule has 3 N–H and O–H groups in total. The van der Waals surface area contributed by atoms with Crippen molar-refractivity contribution in [2.75, 3.05) is 24.6 Å². The Hall–Kier alpha value is -1.20. The van der Waals surface area contributed by atoms with Crippen LogP contribution in [0, 0.1) is 11.6 Å². The van der Waals surface area contributed by atoms with Gasteiger partial charge in [-0.2, -0.15) is 0 Å². The number of nitrogens with zero attached hydrogens (tertiary/aromatic N) is 1. The van der Waals surface area contributed by atoms with Crippen molar-refractivity contribution in [2.45, 2.75) is 19.9 Å². The monoisotopic (exact) mass is 244 g/mol. The number of aliphatic hydroxyl groups excluding tert-OH is 1. The van der Waals surface area contributed by atoms with Gasteiger partial charge in [0.2, 0.25) is 0 Å². The lowest BCUT2D eigenvalue weighted by Crippen LogP contribution is -2.28. The molecule has 0 amide bonds. The Morgan fingerprint density at radius 3 is 2.47 bits per heavy atom. The van der Waals surface area contributed by atoms with Crippen LogP contribution < -0.4 is 10.6 Å². The number of rotatable bonds is 6. The number of anilines is 1. The molecule has 0 aromatic heterocycles. The van der Waals surface area contributed by atoms with Crippen molar-refractivity contribution in [3.05, 3.63) is 29.3 Å². The Balaban J connectivity index is 3.07. The summed E-state index contributed by atoms with van der Waals surface area (Å²) in [6, 6.07) is 2.99. The van der Waals surface area contributed by atoms with E-state index in [1.54, 1.807) is 4.90 Å². The predicted octanol–water partition coefficient (Wildman–Crippen LogP) is 1.63. The molecular formula is C12H18F2N2O. The quantitative estimate of drug-likeness (QED) is 0.799. The van der Waals surface area contributed by atoms with E-state index >= 15 is 0 Å². The molecule has 0 fully saturated rings. The maximum atomic E-state index is 13.8. The molecule has 0 atom stereocenters. The van der Waals surface area contributed by atoms with Gasteiger partial charge in [0.15, 0.2) is 11.6 Å². The summed E-state index contributed by atoms with van der Waals surface area (Å²) < 4.78 is 27.4. The van der Waals surface area contributed by atoms with Crippen molar-refractivity contribution in [1.82, 2.24) is 0 Å². The Morgan fingerprint density at radius 2 is 1.94 bits per heavy atom. The van der Waals surface area contributed by atoms with Gasteiger partial charge in [0.25, 0.3) is 0 Å². The molecule has 0 aliphatic rings. The highest BCUT2D eigenvalue weighted by Gasteiger charge is 2.16. The van der Waals surface area contributed by atoms with Gasteiger partial charge in [0.05, 0.1) is 12.3 Å². The fourth-order valence-electron chi connectivity index (χ4n) is 1.72. The first-order chi connectivity index (χ1) is 8.15. The number of hydrogen-bond acceptors (Lipinski definition) is 3. The number of halogens is 2. The zero-order valence-electron chi connectivity index (χ0n) is 9.92. The van der Waals surface area contributed by atoms with E-state index in [4.69, 9.17) is 10.8 Å². The molecule has 0 aliphatic heterocycles. The first-order valence-electron chi connectivity index (χ1n) is 5.68. The predicted molar refractivity (Wildman–Crippen MR) is 63.8 cm³/mol.